The number of rotatable bonds is 7. The first-order valence-corrected chi connectivity index (χ1v) is 11.7. The van der Waals surface area contributed by atoms with E-state index in [2.05, 4.69) is 15.6 Å². The van der Waals surface area contributed by atoms with Gasteiger partial charge in [0.1, 0.15) is 18.1 Å². The van der Waals surface area contributed by atoms with E-state index in [4.69, 9.17) is 0 Å². The molecule has 8 heteroatoms. The Morgan fingerprint density at radius 3 is 2.62 bits per heavy atom. The van der Waals surface area contributed by atoms with Gasteiger partial charge in [-0.05, 0) is 49.6 Å². The molecule has 1 saturated carbocycles. The Morgan fingerprint density at radius 1 is 1.09 bits per heavy atom. The van der Waals surface area contributed by atoms with E-state index in [1.807, 2.05) is 0 Å². The van der Waals surface area contributed by atoms with E-state index in [-0.39, 0.29) is 37.0 Å². The molecule has 2 N–H and O–H groups in total. The van der Waals surface area contributed by atoms with E-state index in [9.17, 15) is 18.8 Å². The average molecular weight is 465 g/mol. The normalized spacial score (nSPS) is 14.2. The van der Waals surface area contributed by atoms with E-state index in [0.29, 0.717) is 22.3 Å². The van der Waals surface area contributed by atoms with Crippen LogP contribution in [0.4, 0.5) is 10.1 Å². The van der Waals surface area contributed by atoms with Crippen LogP contribution in [0.15, 0.2) is 47.3 Å². The molecule has 0 saturated heterocycles. The summed E-state index contributed by atoms with van der Waals surface area (Å²) in [5.41, 5.74) is 1.72. The van der Waals surface area contributed by atoms with Crippen LogP contribution >= 0.6 is 0 Å². The summed E-state index contributed by atoms with van der Waals surface area (Å²) in [5, 5.41) is 5.70. The second kappa shape index (κ2) is 10.6. The van der Waals surface area contributed by atoms with Gasteiger partial charge in [0.2, 0.25) is 11.8 Å². The lowest BCUT2D eigenvalue weighted by atomic mass is 9.95. The van der Waals surface area contributed by atoms with Gasteiger partial charge in [-0.3, -0.25) is 19.0 Å². The number of benzene rings is 2. The number of hydrogen-bond donors (Lipinski definition) is 2. The third kappa shape index (κ3) is 5.68. The lowest BCUT2D eigenvalue weighted by Crippen LogP contribution is -2.37. The molecule has 0 atom stereocenters. The highest BCUT2D eigenvalue weighted by Gasteiger charge is 2.18. The highest BCUT2D eigenvalue weighted by Crippen LogP contribution is 2.18. The number of aromatic nitrogens is 2. The summed E-state index contributed by atoms with van der Waals surface area (Å²) in [6, 6.07) is 11.7. The molecule has 0 radical (unpaired) electrons. The van der Waals surface area contributed by atoms with Gasteiger partial charge >= 0.3 is 0 Å². The zero-order valence-corrected chi connectivity index (χ0v) is 19.3. The Labute approximate surface area is 197 Å². The van der Waals surface area contributed by atoms with Crippen LogP contribution < -0.4 is 16.2 Å². The number of anilines is 1. The molecular formula is C26H29FN4O3. The topological polar surface area (TPSA) is 93.1 Å². The molecule has 2 aromatic carbocycles. The zero-order valence-electron chi connectivity index (χ0n) is 19.3. The molecule has 1 aliphatic rings. The molecule has 0 aliphatic heterocycles. The van der Waals surface area contributed by atoms with Crippen LogP contribution in [0.2, 0.25) is 0 Å². The van der Waals surface area contributed by atoms with Crippen molar-refractivity contribution in [2.24, 2.45) is 0 Å². The van der Waals surface area contributed by atoms with Crippen molar-refractivity contribution in [3.05, 3.63) is 69.9 Å². The molecule has 1 aliphatic carbocycles. The quantitative estimate of drug-likeness (QED) is 0.555. The number of amides is 2. The maximum Gasteiger partial charge on any atom is 0.273 e. The number of nitrogens with one attached hydrogen (secondary N) is 2. The van der Waals surface area contributed by atoms with Crippen LogP contribution in [0.25, 0.3) is 11.0 Å². The van der Waals surface area contributed by atoms with Crippen molar-refractivity contribution < 1.29 is 14.0 Å². The van der Waals surface area contributed by atoms with Crippen LogP contribution in [0, 0.1) is 12.7 Å². The number of aryl methyl sites for hydroxylation is 2. The molecule has 178 valence electrons. The van der Waals surface area contributed by atoms with Gasteiger partial charge in [0, 0.05) is 24.6 Å². The first kappa shape index (κ1) is 23.6. The molecule has 1 aromatic heterocycles. The lowest BCUT2D eigenvalue weighted by molar-refractivity contribution is -0.122. The molecule has 1 fully saturated rings. The van der Waals surface area contributed by atoms with E-state index in [1.54, 1.807) is 43.3 Å². The largest absolute Gasteiger partial charge is 0.353 e. The second-order valence-corrected chi connectivity index (χ2v) is 8.85. The minimum absolute atomic E-state index is 0.0908. The van der Waals surface area contributed by atoms with E-state index >= 15 is 0 Å². The summed E-state index contributed by atoms with van der Waals surface area (Å²) in [7, 11) is 0. The molecule has 1 heterocycles. The summed E-state index contributed by atoms with van der Waals surface area (Å²) in [6.07, 6.45) is 5.79. The second-order valence-electron chi connectivity index (χ2n) is 8.85. The van der Waals surface area contributed by atoms with Gasteiger partial charge in [0.15, 0.2) is 0 Å². The number of carbonyl (C=O) groups excluding carboxylic acids is 2. The molecule has 7 nitrogen and oxygen atoms in total. The molecule has 2 amide bonds. The van der Waals surface area contributed by atoms with E-state index in [0.717, 1.165) is 25.7 Å². The molecule has 4 rings (SSSR count). The van der Waals surface area contributed by atoms with Gasteiger partial charge < -0.3 is 10.6 Å². The van der Waals surface area contributed by atoms with Gasteiger partial charge in [0.25, 0.3) is 5.56 Å². The molecule has 0 spiro atoms. The van der Waals surface area contributed by atoms with Crippen molar-refractivity contribution in [1.82, 2.24) is 14.9 Å². The molecule has 0 bridgehead atoms. The van der Waals surface area contributed by atoms with Gasteiger partial charge in [0.05, 0.1) is 11.0 Å². The Bertz CT molecular complexity index is 1260. The number of para-hydroxylation sites is 2. The van der Waals surface area contributed by atoms with Crippen LogP contribution in [0.1, 0.15) is 49.8 Å². The van der Waals surface area contributed by atoms with Crippen LogP contribution in [-0.4, -0.2) is 27.4 Å². The SMILES string of the molecule is Cc1ccc(NC(=O)Cn2c(=O)c(CCC(=O)NC3CCCCC3)nc3ccccc32)cc1F. The highest BCUT2D eigenvalue weighted by molar-refractivity contribution is 5.91. The minimum atomic E-state index is -0.456. The molecule has 34 heavy (non-hydrogen) atoms. The number of nitrogens with zero attached hydrogens (tertiary/aromatic N) is 2. The summed E-state index contributed by atoms with van der Waals surface area (Å²) < 4.78 is 15.2. The Hall–Kier alpha value is -3.55. The Balaban J connectivity index is 1.51. The molecular weight excluding hydrogens is 435 g/mol. The summed E-state index contributed by atoms with van der Waals surface area (Å²) in [5.74, 6) is -0.965. The average Bonchev–Trinajstić information content (AvgIpc) is 2.83. The monoisotopic (exact) mass is 464 g/mol. The number of carbonyl (C=O) groups is 2. The van der Waals surface area contributed by atoms with Gasteiger partial charge in [-0.25, -0.2) is 9.37 Å². The standard InChI is InChI=1S/C26H29FN4O3/c1-17-11-12-19(15-20(17)27)29-25(33)16-31-23-10-6-5-9-21(23)30-22(26(31)34)13-14-24(32)28-18-7-3-2-4-8-18/h5-6,9-12,15,18H,2-4,7-8,13-14,16H2,1H3,(H,28,32)(H,29,33). The van der Waals surface area contributed by atoms with Crippen molar-refractivity contribution in [3.63, 3.8) is 0 Å². The van der Waals surface area contributed by atoms with Crippen molar-refractivity contribution in [1.29, 1.82) is 0 Å². The van der Waals surface area contributed by atoms with Gasteiger partial charge in [-0.15, -0.1) is 0 Å². The molecule has 3 aromatic rings. The fraction of sp³-hybridized carbons (Fsp3) is 0.385. The van der Waals surface area contributed by atoms with Gasteiger partial charge in [-0.2, -0.15) is 0 Å². The van der Waals surface area contributed by atoms with Crippen molar-refractivity contribution in [3.8, 4) is 0 Å². The van der Waals surface area contributed by atoms with Crippen LogP contribution in [-0.2, 0) is 22.6 Å². The van der Waals surface area contributed by atoms with Crippen molar-refractivity contribution >= 4 is 28.5 Å². The van der Waals surface area contributed by atoms with E-state index in [1.165, 1.54) is 17.1 Å². The maximum absolute atomic E-state index is 13.8. The maximum atomic E-state index is 13.8. The fourth-order valence-electron chi connectivity index (χ4n) is 4.36. The van der Waals surface area contributed by atoms with Crippen LogP contribution in [0.3, 0.4) is 0 Å². The Kier molecular flexibility index (Phi) is 7.35. The number of hydrogen-bond acceptors (Lipinski definition) is 4. The summed E-state index contributed by atoms with van der Waals surface area (Å²) in [4.78, 5) is 42.8. The number of fused-ring (bicyclic) bond motifs is 1. The third-order valence-corrected chi connectivity index (χ3v) is 6.24. The van der Waals surface area contributed by atoms with Crippen molar-refractivity contribution in [2.75, 3.05) is 5.32 Å². The lowest BCUT2D eigenvalue weighted by Gasteiger charge is -2.22. The first-order valence-electron chi connectivity index (χ1n) is 11.7. The van der Waals surface area contributed by atoms with E-state index < -0.39 is 17.3 Å². The third-order valence-electron chi connectivity index (χ3n) is 6.24. The molecule has 0 unspecified atom stereocenters. The summed E-state index contributed by atoms with van der Waals surface area (Å²) in [6.45, 7) is 1.39. The zero-order chi connectivity index (χ0) is 24.1. The smallest absolute Gasteiger partial charge is 0.273 e. The summed E-state index contributed by atoms with van der Waals surface area (Å²) >= 11 is 0. The van der Waals surface area contributed by atoms with Gasteiger partial charge in [-0.1, -0.05) is 37.5 Å². The highest BCUT2D eigenvalue weighted by atomic mass is 19.1. The van der Waals surface area contributed by atoms with Crippen LogP contribution in [0.5, 0.6) is 0 Å². The number of halogens is 1. The predicted octanol–water partition coefficient (Wildman–Crippen LogP) is 3.86. The predicted molar refractivity (Wildman–Crippen MR) is 129 cm³/mol. The first-order chi connectivity index (χ1) is 16.4. The minimum Gasteiger partial charge on any atom is -0.353 e. The Morgan fingerprint density at radius 2 is 1.85 bits per heavy atom. The van der Waals surface area contributed by atoms with Crippen molar-refractivity contribution in [2.45, 2.75) is 64.5 Å². The fourth-order valence-corrected chi connectivity index (χ4v) is 4.36.